The molecule has 0 amide bonds. The minimum Gasteiger partial charge on any atom is -0.271 e. The van der Waals surface area contributed by atoms with Crippen LogP contribution in [-0.2, 0) is 5.41 Å². The van der Waals surface area contributed by atoms with Gasteiger partial charge in [0.15, 0.2) is 0 Å². The number of aromatic nitrogens is 4. The Hall–Kier alpha value is -3.92. The Labute approximate surface area is 230 Å². The van der Waals surface area contributed by atoms with Gasteiger partial charge in [0.25, 0.3) is 5.56 Å². The maximum atomic E-state index is 12.2. The molecule has 0 aliphatic heterocycles. The zero-order valence-electron chi connectivity index (χ0n) is 20.1. The Morgan fingerprint density at radius 2 is 1.63 bits per heavy atom. The highest BCUT2D eigenvalue weighted by atomic mass is 35.5. The van der Waals surface area contributed by atoms with Crippen molar-refractivity contribution in [3.8, 4) is 27.4 Å². The van der Waals surface area contributed by atoms with Crippen molar-refractivity contribution in [2.24, 2.45) is 5.18 Å². The van der Waals surface area contributed by atoms with Crippen LogP contribution in [0.4, 0.5) is 5.69 Å². The van der Waals surface area contributed by atoms with Crippen molar-refractivity contribution in [3.63, 3.8) is 0 Å². The second-order valence-electron chi connectivity index (χ2n) is 8.96. The minimum atomic E-state index is -0.747. The maximum absolute atomic E-state index is 12.2. The highest BCUT2D eigenvalue weighted by molar-refractivity contribution is 7.16. The van der Waals surface area contributed by atoms with Gasteiger partial charge in [0.05, 0.1) is 16.3 Å². The molecule has 0 aliphatic carbocycles. The van der Waals surface area contributed by atoms with Crippen molar-refractivity contribution in [1.29, 1.82) is 0 Å². The first-order chi connectivity index (χ1) is 18.2. The fourth-order valence-corrected chi connectivity index (χ4v) is 6.34. The third kappa shape index (κ3) is 4.71. The number of nitroso groups, excluding NO2 is 1. The summed E-state index contributed by atoms with van der Waals surface area (Å²) < 4.78 is 1.01. The van der Waals surface area contributed by atoms with Crippen LogP contribution in [0.5, 0.6) is 0 Å². The molecule has 0 saturated carbocycles. The molecule has 0 radical (unpaired) electrons. The molecule has 0 saturated heterocycles. The standard InChI is InChI=1S/C27H19Cl2N5O3S/c1-27(2,22-19(28)12-18(13-20(22)29)34-26(36)31-21(35)14-30-34)25-32-23(15-7-4-3-5-8-15)24(38-25)16-9-6-10-17(11-16)33-37/h3-14H,1-2H3,(H,31,35,36). The Kier molecular flexibility index (Phi) is 6.83. The Balaban J connectivity index is 1.66. The predicted octanol–water partition coefficient (Wildman–Crippen LogP) is 6.74. The number of aromatic amines is 1. The van der Waals surface area contributed by atoms with Gasteiger partial charge in [-0.3, -0.25) is 9.78 Å². The van der Waals surface area contributed by atoms with Gasteiger partial charge in [-0.15, -0.1) is 16.2 Å². The zero-order valence-corrected chi connectivity index (χ0v) is 22.4. The summed E-state index contributed by atoms with van der Waals surface area (Å²) in [5.41, 5.74) is 1.68. The SMILES string of the molecule is CC(C)(c1nc(-c2ccccc2)c(-c2cccc(N=O)c2)s1)c1c(Cl)cc(-n2ncc(=O)[nH]c2=O)cc1Cl. The molecule has 0 fully saturated rings. The number of thiazole rings is 1. The molecule has 2 aromatic heterocycles. The highest BCUT2D eigenvalue weighted by Crippen LogP contribution is 2.47. The quantitative estimate of drug-likeness (QED) is 0.230. The van der Waals surface area contributed by atoms with Gasteiger partial charge < -0.3 is 0 Å². The van der Waals surface area contributed by atoms with Gasteiger partial charge >= 0.3 is 5.69 Å². The first-order valence-corrected chi connectivity index (χ1v) is 13.0. The van der Waals surface area contributed by atoms with Gasteiger partial charge in [-0.2, -0.15) is 9.78 Å². The van der Waals surface area contributed by atoms with E-state index in [-0.39, 0.29) is 0 Å². The molecule has 0 spiro atoms. The van der Waals surface area contributed by atoms with Crippen molar-refractivity contribution >= 4 is 40.2 Å². The smallest absolute Gasteiger partial charge is 0.271 e. The fourth-order valence-electron chi connectivity index (χ4n) is 4.20. The molecule has 0 unspecified atom stereocenters. The number of rotatable bonds is 6. The van der Waals surface area contributed by atoms with Crippen LogP contribution in [-0.4, -0.2) is 19.7 Å². The molecule has 11 heteroatoms. The summed E-state index contributed by atoms with van der Waals surface area (Å²) >= 11 is 15.0. The summed E-state index contributed by atoms with van der Waals surface area (Å²) in [7, 11) is 0. The van der Waals surface area contributed by atoms with E-state index in [4.69, 9.17) is 28.2 Å². The number of hydrogen-bond donors (Lipinski definition) is 1. The van der Waals surface area contributed by atoms with E-state index in [1.807, 2.05) is 50.2 Å². The molecule has 0 atom stereocenters. The van der Waals surface area contributed by atoms with Gasteiger partial charge in [0.2, 0.25) is 0 Å². The summed E-state index contributed by atoms with van der Waals surface area (Å²) in [5.74, 6) is 0. The van der Waals surface area contributed by atoms with E-state index in [1.165, 1.54) is 11.3 Å². The lowest BCUT2D eigenvalue weighted by molar-refractivity contribution is 0.635. The van der Waals surface area contributed by atoms with Gasteiger partial charge in [-0.05, 0) is 48.9 Å². The summed E-state index contributed by atoms with van der Waals surface area (Å²) in [4.78, 5) is 42.9. The lowest BCUT2D eigenvalue weighted by Crippen LogP contribution is -2.30. The Bertz CT molecular complexity index is 1770. The van der Waals surface area contributed by atoms with Crippen LogP contribution in [0.3, 0.4) is 0 Å². The lowest BCUT2D eigenvalue weighted by Gasteiger charge is -2.26. The monoisotopic (exact) mass is 563 g/mol. The van der Waals surface area contributed by atoms with Gasteiger partial charge in [-0.25, -0.2) is 9.78 Å². The molecule has 0 aliphatic rings. The number of H-pyrrole nitrogens is 1. The molecule has 5 rings (SSSR count). The number of hydrogen-bond acceptors (Lipinski definition) is 7. The van der Waals surface area contributed by atoms with E-state index in [9.17, 15) is 14.5 Å². The Morgan fingerprint density at radius 3 is 2.29 bits per heavy atom. The largest absolute Gasteiger partial charge is 0.349 e. The first-order valence-electron chi connectivity index (χ1n) is 11.4. The van der Waals surface area contributed by atoms with E-state index in [0.717, 1.165) is 37.6 Å². The molecule has 1 N–H and O–H groups in total. The number of halogens is 2. The summed E-state index contributed by atoms with van der Waals surface area (Å²) in [6, 6.07) is 20.0. The normalized spacial score (nSPS) is 11.5. The van der Waals surface area contributed by atoms with E-state index in [0.29, 0.717) is 27.0 Å². The van der Waals surface area contributed by atoms with Gasteiger partial charge in [0, 0.05) is 26.6 Å². The second-order valence-corrected chi connectivity index (χ2v) is 10.8. The van der Waals surface area contributed by atoms with E-state index < -0.39 is 16.7 Å². The topological polar surface area (TPSA) is 110 Å². The lowest BCUT2D eigenvalue weighted by atomic mass is 9.85. The van der Waals surface area contributed by atoms with Crippen molar-refractivity contribution in [1.82, 2.24) is 19.7 Å². The third-order valence-corrected chi connectivity index (χ3v) is 8.06. The van der Waals surface area contributed by atoms with Crippen LogP contribution in [0.15, 0.2) is 87.7 Å². The predicted molar refractivity (Wildman–Crippen MR) is 151 cm³/mol. The molecule has 0 bridgehead atoms. The van der Waals surface area contributed by atoms with Crippen LogP contribution in [0.25, 0.3) is 27.4 Å². The van der Waals surface area contributed by atoms with Gasteiger partial charge in [-0.1, -0.05) is 65.7 Å². The average molecular weight is 564 g/mol. The van der Waals surface area contributed by atoms with Gasteiger partial charge in [0.1, 0.15) is 16.9 Å². The number of benzene rings is 3. The zero-order chi connectivity index (χ0) is 27.0. The van der Waals surface area contributed by atoms with E-state index >= 15 is 0 Å². The van der Waals surface area contributed by atoms with Crippen LogP contribution >= 0.6 is 34.5 Å². The van der Waals surface area contributed by atoms with Crippen molar-refractivity contribution in [2.75, 3.05) is 0 Å². The van der Waals surface area contributed by atoms with Crippen LogP contribution in [0.1, 0.15) is 24.4 Å². The number of nitrogens with zero attached hydrogens (tertiary/aromatic N) is 4. The van der Waals surface area contributed by atoms with Crippen LogP contribution in [0, 0.1) is 4.91 Å². The van der Waals surface area contributed by atoms with E-state index in [2.05, 4.69) is 15.3 Å². The third-order valence-electron chi connectivity index (χ3n) is 6.03. The summed E-state index contributed by atoms with van der Waals surface area (Å²) in [6.45, 7) is 3.93. The molecule has 190 valence electrons. The maximum Gasteiger partial charge on any atom is 0.349 e. The fraction of sp³-hybridized carbons (Fsp3) is 0.111. The average Bonchev–Trinajstić information content (AvgIpc) is 3.35. The first kappa shape index (κ1) is 25.7. The minimum absolute atomic E-state index is 0.308. The molecule has 5 aromatic rings. The molecular formula is C27H19Cl2N5O3S. The summed E-state index contributed by atoms with van der Waals surface area (Å²) in [5, 5.41) is 8.32. The van der Waals surface area contributed by atoms with Crippen LogP contribution < -0.4 is 11.2 Å². The highest BCUT2D eigenvalue weighted by Gasteiger charge is 2.33. The molecule has 38 heavy (non-hydrogen) atoms. The van der Waals surface area contributed by atoms with Crippen LogP contribution in [0.2, 0.25) is 10.0 Å². The van der Waals surface area contributed by atoms with E-state index in [1.54, 1.807) is 30.3 Å². The molecule has 3 aromatic carbocycles. The summed E-state index contributed by atoms with van der Waals surface area (Å²) in [6.07, 6.45) is 0.998. The Morgan fingerprint density at radius 1 is 0.947 bits per heavy atom. The number of nitrogens with one attached hydrogen (secondary N) is 1. The molecule has 2 heterocycles. The van der Waals surface area contributed by atoms with Crippen molar-refractivity contribution in [3.05, 3.63) is 119 Å². The van der Waals surface area contributed by atoms with Crippen molar-refractivity contribution in [2.45, 2.75) is 19.3 Å². The second kappa shape index (κ2) is 10.1. The molecule has 8 nitrogen and oxygen atoms in total. The van der Waals surface area contributed by atoms with Crippen molar-refractivity contribution < 1.29 is 0 Å². The molecular weight excluding hydrogens is 545 g/mol.